The van der Waals surface area contributed by atoms with Gasteiger partial charge in [-0.05, 0) is 6.42 Å². The molecule has 0 aliphatic carbocycles. The molecule has 78 valence electrons. The van der Waals surface area contributed by atoms with Crippen molar-refractivity contribution in [1.82, 2.24) is 19.6 Å². The Kier molecular flexibility index (Phi) is 1.81. The summed E-state index contributed by atoms with van der Waals surface area (Å²) < 4.78 is 6.76. The molecular weight excluding hydrogens is 196 g/mol. The van der Waals surface area contributed by atoms with E-state index in [1.54, 1.807) is 0 Å². The van der Waals surface area contributed by atoms with Crippen molar-refractivity contribution >= 4 is 5.52 Å². The Labute approximate surface area is 84.9 Å². The van der Waals surface area contributed by atoms with Gasteiger partial charge in [-0.25, -0.2) is 9.50 Å². The molecule has 0 saturated carbocycles. The van der Waals surface area contributed by atoms with Crippen LogP contribution in [0.4, 0.5) is 0 Å². The fraction of sp³-hybridized carbons (Fsp3) is 0.444. The van der Waals surface area contributed by atoms with Crippen LogP contribution in [0.5, 0.6) is 0 Å². The minimum absolute atomic E-state index is 0.149. The fourth-order valence-electron chi connectivity index (χ4n) is 1.79. The molecule has 1 aliphatic rings. The van der Waals surface area contributed by atoms with Crippen LogP contribution in [0, 0.1) is 0 Å². The van der Waals surface area contributed by atoms with Crippen molar-refractivity contribution in [1.29, 1.82) is 0 Å². The summed E-state index contributed by atoms with van der Waals surface area (Å²) in [5.41, 5.74) is 0.321. The molecule has 1 atom stereocenters. The molecule has 3 rings (SSSR count). The summed E-state index contributed by atoms with van der Waals surface area (Å²) in [5, 5.41) is 4.30. The summed E-state index contributed by atoms with van der Waals surface area (Å²) in [6.07, 6.45) is 3.94. The molecule has 1 saturated heterocycles. The van der Waals surface area contributed by atoms with Crippen molar-refractivity contribution in [2.24, 2.45) is 0 Å². The first-order chi connectivity index (χ1) is 7.34. The minimum atomic E-state index is -0.149. The fourth-order valence-corrected chi connectivity index (χ4v) is 1.79. The summed E-state index contributed by atoms with van der Waals surface area (Å²) >= 11 is 0. The molecule has 6 heteroatoms. The molecule has 6 nitrogen and oxygen atoms in total. The van der Waals surface area contributed by atoms with E-state index in [0.29, 0.717) is 17.9 Å². The SMILES string of the molecule is O=c1[nH]c(C2CCOC2)nn2cncc12. The number of H-pyrrole nitrogens is 1. The zero-order chi connectivity index (χ0) is 10.3. The zero-order valence-electron chi connectivity index (χ0n) is 8.01. The number of imidazole rings is 1. The maximum absolute atomic E-state index is 11.6. The lowest BCUT2D eigenvalue weighted by atomic mass is 10.1. The lowest BCUT2D eigenvalue weighted by Crippen LogP contribution is -2.18. The van der Waals surface area contributed by atoms with Crippen LogP contribution in [-0.2, 0) is 4.74 Å². The average molecular weight is 206 g/mol. The third-order valence-electron chi connectivity index (χ3n) is 2.63. The Morgan fingerprint density at radius 1 is 1.60 bits per heavy atom. The Morgan fingerprint density at radius 3 is 3.33 bits per heavy atom. The molecule has 1 N–H and O–H groups in total. The van der Waals surface area contributed by atoms with E-state index >= 15 is 0 Å². The third kappa shape index (κ3) is 1.33. The molecule has 0 aromatic carbocycles. The van der Waals surface area contributed by atoms with E-state index in [4.69, 9.17) is 4.74 Å². The normalized spacial score (nSPS) is 21.2. The van der Waals surface area contributed by atoms with Gasteiger partial charge in [0.15, 0.2) is 0 Å². The summed E-state index contributed by atoms with van der Waals surface area (Å²) in [6, 6.07) is 0. The van der Waals surface area contributed by atoms with Crippen LogP contribution >= 0.6 is 0 Å². The lowest BCUT2D eigenvalue weighted by molar-refractivity contribution is 0.193. The van der Waals surface area contributed by atoms with Gasteiger partial charge in [0, 0.05) is 12.5 Å². The largest absolute Gasteiger partial charge is 0.381 e. The van der Waals surface area contributed by atoms with E-state index in [-0.39, 0.29) is 11.5 Å². The standard InChI is InChI=1S/C9H10N4O2/c14-9-7-3-10-5-13(7)12-8(11-9)6-1-2-15-4-6/h3,5-6H,1-2,4H2,(H,11,12,14). The third-order valence-corrected chi connectivity index (χ3v) is 2.63. The van der Waals surface area contributed by atoms with Crippen molar-refractivity contribution in [2.45, 2.75) is 12.3 Å². The van der Waals surface area contributed by atoms with Crippen LogP contribution in [0.3, 0.4) is 0 Å². The topological polar surface area (TPSA) is 72.3 Å². The van der Waals surface area contributed by atoms with Crippen LogP contribution < -0.4 is 5.56 Å². The van der Waals surface area contributed by atoms with E-state index in [9.17, 15) is 4.79 Å². The molecule has 1 unspecified atom stereocenters. The highest BCUT2D eigenvalue weighted by Gasteiger charge is 2.21. The van der Waals surface area contributed by atoms with Gasteiger partial charge in [0.2, 0.25) is 0 Å². The second-order valence-electron chi connectivity index (χ2n) is 3.62. The Balaban J connectivity index is 2.15. The van der Waals surface area contributed by atoms with Gasteiger partial charge in [0.1, 0.15) is 17.7 Å². The van der Waals surface area contributed by atoms with E-state index in [1.165, 1.54) is 17.0 Å². The van der Waals surface area contributed by atoms with Crippen LogP contribution in [0.1, 0.15) is 18.2 Å². The molecule has 0 amide bonds. The quantitative estimate of drug-likeness (QED) is 0.708. The number of aromatic nitrogens is 4. The van der Waals surface area contributed by atoms with Gasteiger partial charge in [-0.15, -0.1) is 0 Å². The lowest BCUT2D eigenvalue weighted by Gasteiger charge is -2.05. The second-order valence-corrected chi connectivity index (χ2v) is 3.62. The number of fused-ring (bicyclic) bond motifs is 1. The molecular formula is C9H10N4O2. The van der Waals surface area contributed by atoms with Crippen molar-refractivity contribution in [3.05, 3.63) is 28.7 Å². The number of hydrogen-bond donors (Lipinski definition) is 1. The molecule has 0 spiro atoms. The van der Waals surface area contributed by atoms with Gasteiger partial charge in [-0.2, -0.15) is 5.10 Å². The first-order valence-corrected chi connectivity index (χ1v) is 4.85. The molecule has 15 heavy (non-hydrogen) atoms. The molecule has 1 fully saturated rings. The van der Waals surface area contributed by atoms with Crippen molar-refractivity contribution in [3.63, 3.8) is 0 Å². The van der Waals surface area contributed by atoms with Crippen molar-refractivity contribution < 1.29 is 4.74 Å². The maximum Gasteiger partial charge on any atom is 0.276 e. The highest BCUT2D eigenvalue weighted by molar-refractivity contribution is 5.40. The second kappa shape index (κ2) is 3.16. The molecule has 2 aromatic rings. The molecule has 3 heterocycles. The number of nitrogens with one attached hydrogen (secondary N) is 1. The number of rotatable bonds is 1. The summed E-state index contributed by atoms with van der Waals surface area (Å²) in [5.74, 6) is 0.882. The van der Waals surface area contributed by atoms with Crippen LogP contribution in [0.2, 0.25) is 0 Å². The number of hydrogen-bond acceptors (Lipinski definition) is 4. The van der Waals surface area contributed by atoms with Crippen LogP contribution in [0.15, 0.2) is 17.3 Å². The number of nitrogens with zero attached hydrogens (tertiary/aromatic N) is 3. The average Bonchev–Trinajstić information content (AvgIpc) is 2.88. The predicted molar refractivity (Wildman–Crippen MR) is 51.8 cm³/mol. The van der Waals surface area contributed by atoms with Crippen LogP contribution in [0.25, 0.3) is 5.52 Å². The van der Waals surface area contributed by atoms with E-state index < -0.39 is 0 Å². The smallest absolute Gasteiger partial charge is 0.276 e. The molecule has 2 aromatic heterocycles. The summed E-state index contributed by atoms with van der Waals surface area (Å²) in [4.78, 5) is 18.3. The van der Waals surface area contributed by atoms with E-state index in [0.717, 1.165) is 13.0 Å². The first-order valence-electron chi connectivity index (χ1n) is 4.85. The van der Waals surface area contributed by atoms with Gasteiger partial charge >= 0.3 is 0 Å². The first kappa shape index (κ1) is 8.60. The van der Waals surface area contributed by atoms with Gasteiger partial charge in [0.05, 0.1) is 12.8 Å². The molecule has 0 radical (unpaired) electrons. The van der Waals surface area contributed by atoms with Crippen molar-refractivity contribution in [3.8, 4) is 0 Å². The monoisotopic (exact) mass is 206 g/mol. The predicted octanol–water partition coefficient (Wildman–Crippen LogP) is -0.0785. The van der Waals surface area contributed by atoms with Gasteiger partial charge in [0.25, 0.3) is 5.56 Å². The minimum Gasteiger partial charge on any atom is -0.381 e. The number of aromatic amines is 1. The van der Waals surface area contributed by atoms with Gasteiger partial charge < -0.3 is 9.72 Å². The highest BCUT2D eigenvalue weighted by atomic mass is 16.5. The summed E-state index contributed by atoms with van der Waals surface area (Å²) in [6.45, 7) is 1.36. The van der Waals surface area contributed by atoms with E-state index in [2.05, 4.69) is 15.1 Å². The Bertz CT molecular complexity index is 538. The Hall–Kier alpha value is -1.69. The Morgan fingerprint density at radius 2 is 2.53 bits per heavy atom. The number of ether oxygens (including phenoxy) is 1. The molecule has 0 bridgehead atoms. The van der Waals surface area contributed by atoms with Gasteiger partial charge in [-0.3, -0.25) is 4.79 Å². The van der Waals surface area contributed by atoms with Crippen LogP contribution in [-0.4, -0.2) is 32.8 Å². The van der Waals surface area contributed by atoms with E-state index in [1.807, 2.05) is 0 Å². The zero-order valence-corrected chi connectivity index (χ0v) is 8.01. The van der Waals surface area contributed by atoms with Crippen molar-refractivity contribution in [2.75, 3.05) is 13.2 Å². The maximum atomic E-state index is 11.6. The molecule has 1 aliphatic heterocycles. The highest BCUT2D eigenvalue weighted by Crippen LogP contribution is 2.20. The van der Waals surface area contributed by atoms with Gasteiger partial charge in [-0.1, -0.05) is 0 Å². The summed E-state index contributed by atoms with van der Waals surface area (Å²) in [7, 11) is 0.